The van der Waals surface area contributed by atoms with Gasteiger partial charge in [-0.1, -0.05) is 24.3 Å². The normalized spacial score (nSPS) is 16.1. The van der Waals surface area contributed by atoms with Crippen LogP contribution in [0.15, 0.2) is 24.3 Å². The average molecular weight is 318 g/mol. The molecular weight excluding hydrogens is 296 g/mol. The molecule has 1 saturated heterocycles. The molecule has 0 amide bonds. The molecule has 0 unspecified atom stereocenters. The van der Waals surface area contributed by atoms with Gasteiger partial charge >= 0.3 is 0 Å². The lowest BCUT2D eigenvalue weighted by Crippen LogP contribution is -2.37. The number of aromatic nitrogens is 3. The van der Waals surface area contributed by atoms with Crippen LogP contribution in [-0.2, 0) is 18.0 Å². The Balaban J connectivity index is 1.96. The number of aryl methyl sites for hydroxylation is 1. The summed E-state index contributed by atoms with van der Waals surface area (Å²) in [6.45, 7) is 9.21. The third-order valence-corrected chi connectivity index (χ3v) is 4.49. The summed E-state index contributed by atoms with van der Waals surface area (Å²) in [5.74, 6) is 0.957. The van der Waals surface area contributed by atoms with Crippen molar-refractivity contribution >= 4 is 12.2 Å². The molecule has 0 bridgehead atoms. The molecule has 1 aliphatic heterocycles. The van der Waals surface area contributed by atoms with E-state index in [9.17, 15) is 0 Å². The van der Waals surface area contributed by atoms with Gasteiger partial charge < -0.3 is 9.30 Å². The first-order valence-corrected chi connectivity index (χ1v) is 8.15. The largest absolute Gasteiger partial charge is 0.379 e. The Labute approximate surface area is 136 Å². The van der Waals surface area contributed by atoms with Gasteiger partial charge in [-0.15, -0.1) is 0 Å². The smallest absolute Gasteiger partial charge is 0.199 e. The molecule has 0 N–H and O–H groups in total. The van der Waals surface area contributed by atoms with Gasteiger partial charge in [-0.25, -0.2) is 4.68 Å². The number of ether oxygens (including phenoxy) is 1. The maximum absolute atomic E-state index is 5.63. The van der Waals surface area contributed by atoms with Crippen molar-refractivity contribution in [3.05, 3.63) is 34.6 Å². The number of benzene rings is 1. The summed E-state index contributed by atoms with van der Waals surface area (Å²) >= 11 is 5.63. The predicted molar refractivity (Wildman–Crippen MR) is 89.3 cm³/mol. The zero-order valence-electron chi connectivity index (χ0n) is 13.2. The molecule has 2 heterocycles. The number of rotatable bonds is 4. The Bertz CT molecular complexity index is 700. The highest BCUT2D eigenvalue weighted by Gasteiger charge is 2.16. The zero-order valence-corrected chi connectivity index (χ0v) is 14.0. The minimum Gasteiger partial charge on any atom is -0.379 e. The van der Waals surface area contributed by atoms with Crippen LogP contribution in [0.3, 0.4) is 0 Å². The molecule has 1 aromatic heterocycles. The Hall–Kier alpha value is -1.50. The lowest BCUT2D eigenvalue weighted by atomic mass is 10.1. The minimum atomic E-state index is 0.730. The van der Waals surface area contributed by atoms with E-state index in [0.717, 1.165) is 55.7 Å². The lowest BCUT2D eigenvalue weighted by molar-refractivity contribution is 0.0209. The standard InChI is InChI=1S/C16H22N4OS/c1-3-19-15(14-7-5-4-6-13(14)2)17-20(16(19)22)12-18-8-10-21-11-9-18/h4-7H,3,8-12H2,1-2H3. The maximum Gasteiger partial charge on any atom is 0.199 e. The molecule has 1 aliphatic rings. The van der Waals surface area contributed by atoms with E-state index in [1.165, 1.54) is 5.56 Å². The summed E-state index contributed by atoms with van der Waals surface area (Å²) in [4.78, 5) is 2.33. The Morgan fingerprint density at radius 1 is 1.23 bits per heavy atom. The van der Waals surface area contributed by atoms with E-state index in [0.29, 0.717) is 0 Å². The van der Waals surface area contributed by atoms with Crippen molar-refractivity contribution in [2.45, 2.75) is 27.1 Å². The number of hydrogen-bond donors (Lipinski definition) is 0. The van der Waals surface area contributed by atoms with Crippen molar-refractivity contribution < 1.29 is 4.74 Å². The summed E-state index contributed by atoms with van der Waals surface area (Å²) < 4.78 is 10.2. The Kier molecular flexibility index (Phi) is 4.71. The first kappa shape index (κ1) is 15.4. The van der Waals surface area contributed by atoms with Crippen molar-refractivity contribution in [2.24, 2.45) is 0 Å². The highest BCUT2D eigenvalue weighted by molar-refractivity contribution is 7.71. The number of hydrogen-bond acceptors (Lipinski definition) is 4. The molecule has 0 spiro atoms. The van der Waals surface area contributed by atoms with E-state index in [-0.39, 0.29) is 0 Å². The van der Waals surface area contributed by atoms with E-state index in [4.69, 9.17) is 22.1 Å². The molecule has 0 saturated carbocycles. The summed E-state index contributed by atoms with van der Waals surface area (Å²) in [7, 11) is 0. The van der Waals surface area contributed by atoms with Crippen LogP contribution in [-0.4, -0.2) is 45.6 Å². The Morgan fingerprint density at radius 3 is 2.64 bits per heavy atom. The second-order valence-electron chi connectivity index (χ2n) is 5.54. The van der Waals surface area contributed by atoms with Gasteiger partial charge in [0.15, 0.2) is 10.6 Å². The monoisotopic (exact) mass is 318 g/mol. The van der Waals surface area contributed by atoms with E-state index in [2.05, 4.69) is 41.5 Å². The van der Waals surface area contributed by atoms with Gasteiger partial charge in [0.2, 0.25) is 0 Å². The van der Waals surface area contributed by atoms with Crippen LogP contribution < -0.4 is 0 Å². The van der Waals surface area contributed by atoms with Gasteiger partial charge in [0, 0.05) is 25.2 Å². The highest BCUT2D eigenvalue weighted by atomic mass is 32.1. The molecule has 0 aliphatic carbocycles. The van der Waals surface area contributed by atoms with Gasteiger partial charge in [-0.2, -0.15) is 5.10 Å². The fraction of sp³-hybridized carbons (Fsp3) is 0.500. The van der Waals surface area contributed by atoms with Crippen LogP contribution in [0.2, 0.25) is 0 Å². The van der Waals surface area contributed by atoms with E-state index in [1.54, 1.807) is 0 Å². The summed E-state index contributed by atoms with van der Waals surface area (Å²) in [6.07, 6.45) is 0. The fourth-order valence-corrected chi connectivity index (χ4v) is 3.09. The van der Waals surface area contributed by atoms with E-state index in [1.807, 2.05) is 10.7 Å². The molecule has 6 heteroatoms. The topological polar surface area (TPSA) is 35.2 Å². The minimum absolute atomic E-state index is 0.730. The maximum atomic E-state index is 5.63. The molecule has 22 heavy (non-hydrogen) atoms. The second-order valence-corrected chi connectivity index (χ2v) is 5.90. The third-order valence-electron chi connectivity index (χ3n) is 4.06. The SMILES string of the molecule is CCn1c(-c2ccccc2C)nn(CN2CCOCC2)c1=S. The number of morpholine rings is 1. The number of nitrogens with zero attached hydrogens (tertiary/aromatic N) is 4. The van der Waals surface area contributed by atoms with E-state index < -0.39 is 0 Å². The third kappa shape index (κ3) is 2.99. The average Bonchev–Trinajstić information content (AvgIpc) is 2.85. The molecule has 1 fully saturated rings. The molecule has 3 rings (SSSR count). The van der Waals surface area contributed by atoms with Crippen LogP contribution in [0.25, 0.3) is 11.4 Å². The summed E-state index contributed by atoms with van der Waals surface area (Å²) in [5, 5.41) is 4.80. The fourth-order valence-electron chi connectivity index (χ4n) is 2.77. The lowest BCUT2D eigenvalue weighted by Gasteiger charge is -2.26. The molecule has 118 valence electrons. The van der Waals surface area contributed by atoms with Crippen molar-refractivity contribution in [3.63, 3.8) is 0 Å². The van der Waals surface area contributed by atoms with Crippen LogP contribution >= 0.6 is 12.2 Å². The van der Waals surface area contributed by atoms with Crippen molar-refractivity contribution in [1.82, 2.24) is 19.2 Å². The van der Waals surface area contributed by atoms with Gasteiger partial charge in [-0.05, 0) is 31.6 Å². The van der Waals surface area contributed by atoms with Crippen LogP contribution in [0.1, 0.15) is 12.5 Å². The van der Waals surface area contributed by atoms with E-state index >= 15 is 0 Å². The summed E-state index contributed by atoms with van der Waals surface area (Å²) in [5.41, 5.74) is 2.37. The molecule has 5 nitrogen and oxygen atoms in total. The van der Waals surface area contributed by atoms with Crippen molar-refractivity contribution in [1.29, 1.82) is 0 Å². The highest BCUT2D eigenvalue weighted by Crippen LogP contribution is 2.22. The van der Waals surface area contributed by atoms with Crippen LogP contribution in [0.5, 0.6) is 0 Å². The molecule has 2 aromatic rings. The van der Waals surface area contributed by atoms with Crippen LogP contribution in [0, 0.1) is 11.7 Å². The van der Waals surface area contributed by atoms with Gasteiger partial charge in [0.1, 0.15) is 0 Å². The first-order chi connectivity index (χ1) is 10.7. The molecule has 1 aromatic carbocycles. The first-order valence-electron chi connectivity index (χ1n) is 7.74. The van der Waals surface area contributed by atoms with Crippen molar-refractivity contribution in [3.8, 4) is 11.4 Å². The summed E-state index contributed by atoms with van der Waals surface area (Å²) in [6, 6.07) is 8.32. The second kappa shape index (κ2) is 6.73. The van der Waals surface area contributed by atoms with Gasteiger partial charge in [-0.3, -0.25) is 4.90 Å². The molecular formula is C16H22N4OS. The predicted octanol–water partition coefficient (Wildman–Crippen LogP) is 2.70. The van der Waals surface area contributed by atoms with Crippen LogP contribution in [0.4, 0.5) is 0 Å². The van der Waals surface area contributed by atoms with Gasteiger partial charge in [0.05, 0.1) is 19.9 Å². The molecule has 0 atom stereocenters. The molecule has 0 radical (unpaired) electrons. The zero-order chi connectivity index (χ0) is 15.5. The quantitative estimate of drug-likeness (QED) is 0.812. The van der Waals surface area contributed by atoms with Crippen molar-refractivity contribution in [2.75, 3.05) is 26.3 Å². The Morgan fingerprint density at radius 2 is 1.95 bits per heavy atom. The van der Waals surface area contributed by atoms with Gasteiger partial charge in [0.25, 0.3) is 0 Å².